The number of hydrogen-bond donors (Lipinski definition) is 1. The molecule has 0 spiro atoms. The van der Waals surface area contributed by atoms with Gasteiger partial charge in [-0.2, -0.15) is 4.98 Å². The fraction of sp³-hybridized carbons (Fsp3) is 0.0909. The highest BCUT2D eigenvalue weighted by molar-refractivity contribution is 5.49. The Morgan fingerprint density at radius 2 is 1.79 bits per heavy atom. The largest absolute Gasteiger partial charge is 0.573 e. The first-order chi connectivity index (χ1) is 8.96. The fourth-order valence-electron chi connectivity index (χ4n) is 1.26. The Kier molecular flexibility index (Phi) is 3.41. The van der Waals surface area contributed by atoms with Gasteiger partial charge in [-0.15, -0.1) is 13.2 Å². The van der Waals surface area contributed by atoms with Crippen LogP contribution in [0.25, 0.3) is 0 Å². The van der Waals surface area contributed by atoms with Gasteiger partial charge in [-0.1, -0.05) is 12.1 Å². The zero-order valence-corrected chi connectivity index (χ0v) is 9.39. The summed E-state index contributed by atoms with van der Waals surface area (Å²) in [6.45, 7) is 0. The van der Waals surface area contributed by atoms with Crippen molar-refractivity contribution >= 4 is 5.69 Å². The SMILES string of the molecule is Nc1cncnc1Oc1ccccc1OC(F)(F)F. The minimum absolute atomic E-state index is 0.0479. The molecule has 2 rings (SSSR count). The highest BCUT2D eigenvalue weighted by Crippen LogP contribution is 2.35. The Labute approximate surface area is 105 Å². The monoisotopic (exact) mass is 271 g/mol. The number of nitrogens with zero attached hydrogens (tertiary/aromatic N) is 2. The number of alkyl halides is 3. The number of benzene rings is 1. The van der Waals surface area contributed by atoms with E-state index in [0.717, 1.165) is 6.07 Å². The number of halogens is 3. The van der Waals surface area contributed by atoms with Gasteiger partial charge in [0.2, 0.25) is 5.88 Å². The van der Waals surface area contributed by atoms with Gasteiger partial charge in [-0.25, -0.2) is 4.98 Å². The first-order valence-corrected chi connectivity index (χ1v) is 5.04. The minimum atomic E-state index is -4.81. The zero-order valence-electron chi connectivity index (χ0n) is 9.39. The van der Waals surface area contributed by atoms with Crippen molar-refractivity contribution in [3.8, 4) is 17.4 Å². The third-order valence-electron chi connectivity index (χ3n) is 1.98. The molecule has 0 bridgehead atoms. The lowest BCUT2D eigenvalue weighted by Crippen LogP contribution is -2.17. The molecule has 0 aliphatic carbocycles. The summed E-state index contributed by atoms with van der Waals surface area (Å²) in [6, 6.07) is 5.32. The quantitative estimate of drug-likeness (QED) is 0.929. The van der Waals surface area contributed by atoms with E-state index in [9.17, 15) is 13.2 Å². The summed E-state index contributed by atoms with van der Waals surface area (Å²) in [4.78, 5) is 7.36. The van der Waals surface area contributed by atoms with E-state index < -0.39 is 12.1 Å². The molecule has 1 aromatic heterocycles. The van der Waals surface area contributed by atoms with E-state index in [-0.39, 0.29) is 17.3 Å². The molecule has 0 aliphatic heterocycles. The van der Waals surface area contributed by atoms with Crippen molar-refractivity contribution in [1.82, 2.24) is 9.97 Å². The van der Waals surface area contributed by atoms with Crippen LogP contribution in [-0.4, -0.2) is 16.3 Å². The van der Waals surface area contributed by atoms with Crippen LogP contribution in [0.1, 0.15) is 0 Å². The van der Waals surface area contributed by atoms with Crippen LogP contribution >= 0.6 is 0 Å². The summed E-state index contributed by atoms with van der Waals surface area (Å²) in [6.07, 6.45) is -2.37. The van der Waals surface area contributed by atoms with Gasteiger partial charge in [-0.05, 0) is 12.1 Å². The van der Waals surface area contributed by atoms with Crippen molar-refractivity contribution in [3.63, 3.8) is 0 Å². The van der Waals surface area contributed by atoms with E-state index in [1.807, 2.05) is 0 Å². The van der Waals surface area contributed by atoms with Crippen molar-refractivity contribution in [2.45, 2.75) is 6.36 Å². The molecule has 8 heteroatoms. The Morgan fingerprint density at radius 1 is 1.11 bits per heavy atom. The van der Waals surface area contributed by atoms with Crippen LogP contribution in [0.2, 0.25) is 0 Å². The maximum Gasteiger partial charge on any atom is 0.573 e. The van der Waals surface area contributed by atoms with Gasteiger partial charge in [0, 0.05) is 0 Å². The topological polar surface area (TPSA) is 70.3 Å². The van der Waals surface area contributed by atoms with Crippen molar-refractivity contribution in [2.24, 2.45) is 0 Å². The molecule has 1 aromatic carbocycles. The third-order valence-corrected chi connectivity index (χ3v) is 1.98. The minimum Gasteiger partial charge on any atom is -0.433 e. The molecule has 1 heterocycles. The van der Waals surface area contributed by atoms with Gasteiger partial charge in [0.15, 0.2) is 11.5 Å². The summed E-state index contributed by atoms with van der Waals surface area (Å²) in [5, 5.41) is 0. The maximum atomic E-state index is 12.2. The first-order valence-electron chi connectivity index (χ1n) is 5.04. The van der Waals surface area contributed by atoms with Crippen LogP contribution in [0.4, 0.5) is 18.9 Å². The third kappa shape index (κ3) is 3.47. The molecule has 0 amide bonds. The predicted molar refractivity (Wildman–Crippen MR) is 59.6 cm³/mol. The molecule has 0 unspecified atom stereocenters. The van der Waals surface area contributed by atoms with E-state index in [1.165, 1.54) is 30.7 Å². The molecular weight excluding hydrogens is 263 g/mol. The van der Waals surface area contributed by atoms with Crippen LogP contribution in [0.3, 0.4) is 0 Å². The van der Waals surface area contributed by atoms with Crippen LogP contribution in [0.5, 0.6) is 17.4 Å². The number of rotatable bonds is 3. The Morgan fingerprint density at radius 3 is 2.42 bits per heavy atom. The van der Waals surface area contributed by atoms with Crippen LogP contribution in [-0.2, 0) is 0 Å². The molecule has 0 saturated carbocycles. The number of para-hydroxylation sites is 2. The van der Waals surface area contributed by atoms with Gasteiger partial charge in [-0.3, -0.25) is 0 Å². The lowest BCUT2D eigenvalue weighted by molar-refractivity contribution is -0.275. The molecule has 0 saturated heterocycles. The van der Waals surface area contributed by atoms with E-state index in [0.29, 0.717) is 0 Å². The van der Waals surface area contributed by atoms with Crippen molar-refractivity contribution < 1.29 is 22.6 Å². The van der Waals surface area contributed by atoms with E-state index in [1.54, 1.807) is 0 Å². The summed E-state index contributed by atoms with van der Waals surface area (Å²) in [7, 11) is 0. The van der Waals surface area contributed by atoms with Crippen LogP contribution < -0.4 is 15.2 Å². The van der Waals surface area contributed by atoms with Crippen molar-refractivity contribution in [1.29, 1.82) is 0 Å². The standard InChI is InChI=1S/C11H8F3N3O2/c12-11(13,14)19-9-4-2-1-3-8(9)18-10-7(15)5-16-6-17-10/h1-6H,15H2. The Hall–Kier alpha value is -2.51. The Bertz CT molecular complexity index is 575. The smallest absolute Gasteiger partial charge is 0.433 e. The van der Waals surface area contributed by atoms with Crippen molar-refractivity contribution in [3.05, 3.63) is 36.8 Å². The summed E-state index contributed by atoms with van der Waals surface area (Å²) >= 11 is 0. The highest BCUT2D eigenvalue weighted by atomic mass is 19.4. The second-order valence-corrected chi connectivity index (χ2v) is 3.38. The normalized spacial score (nSPS) is 11.1. The predicted octanol–water partition coefficient (Wildman–Crippen LogP) is 2.75. The molecule has 0 fully saturated rings. The van der Waals surface area contributed by atoms with E-state index >= 15 is 0 Å². The highest BCUT2D eigenvalue weighted by Gasteiger charge is 2.32. The van der Waals surface area contributed by atoms with Crippen LogP contribution in [0.15, 0.2) is 36.8 Å². The molecule has 100 valence electrons. The van der Waals surface area contributed by atoms with E-state index in [2.05, 4.69) is 14.7 Å². The number of hydrogen-bond acceptors (Lipinski definition) is 5. The number of ether oxygens (including phenoxy) is 2. The molecule has 0 radical (unpaired) electrons. The average Bonchev–Trinajstić information content (AvgIpc) is 2.33. The number of nitrogen functional groups attached to an aromatic ring is 1. The van der Waals surface area contributed by atoms with Gasteiger partial charge in [0.25, 0.3) is 0 Å². The summed E-state index contributed by atoms with van der Waals surface area (Å²) in [5.41, 5.74) is 5.63. The van der Waals surface area contributed by atoms with Gasteiger partial charge < -0.3 is 15.2 Å². The number of anilines is 1. The average molecular weight is 271 g/mol. The molecule has 19 heavy (non-hydrogen) atoms. The lowest BCUT2D eigenvalue weighted by Gasteiger charge is -2.13. The Balaban J connectivity index is 2.28. The lowest BCUT2D eigenvalue weighted by atomic mass is 10.3. The number of aromatic nitrogens is 2. The molecule has 5 nitrogen and oxygen atoms in total. The van der Waals surface area contributed by atoms with E-state index in [4.69, 9.17) is 10.5 Å². The van der Waals surface area contributed by atoms with Gasteiger partial charge >= 0.3 is 6.36 Å². The fourth-order valence-corrected chi connectivity index (χ4v) is 1.26. The summed E-state index contributed by atoms with van der Waals surface area (Å²) in [5.74, 6) is -0.675. The second-order valence-electron chi connectivity index (χ2n) is 3.38. The second kappa shape index (κ2) is 5.01. The molecule has 0 atom stereocenters. The zero-order chi connectivity index (χ0) is 13.9. The maximum absolute atomic E-state index is 12.2. The molecule has 2 N–H and O–H groups in total. The number of nitrogens with two attached hydrogens (primary N) is 1. The van der Waals surface area contributed by atoms with Gasteiger partial charge in [0.1, 0.15) is 12.0 Å². The molecule has 2 aromatic rings. The first kappa shape index (κ1) is 12.9. The van der Waals surface area contributed by atoms with Crippen LogP contribution in [0, 0.1) is 0 Å². The molecular formula is C11H8F3N3O2. The summed E-state index contributed by atoms with van der Waals surface area (Å²) < 4.78 is 45.7. The molecule has 0 aliphatic rings. The van der Waals surface area contributed by atoms with Crippen molar-refractivity contribution in [2.75, 3.05) is 5.73 Å². The van der Waals surface area contributed by atoms with Gasteiger partial charge in [0.05, 0.1) is 6.20 Å².